The number of carbonyl (C=O) groups is 1. The SMILES string of the molecule is O=C(Oc1ccc(C=NNc2ccnc3cc(Cl)ccc23)cc1)c1cccc([N+](=O)[O-])c1. The van der Waals surface area contributed by atoms with Gasteiger partial charge in [-0.3, -0.25) is 20.5 Å². The molecule has 1 aromatic heterocycles. The van der Waals surface area contributed by atoms with Crippen molar-refractivity contribution in [1.29, 1.82) is 0 Å². The largest absolute Gasteiger partial charge is 0.423 e. The predicted octanol–water partition coefficient (Wildman–Crippen LogP) is 5.46. The van der Waals surface area contributed by atoms with Gasteiger partial charge in [0.2, 0.25) is 0 Å². The molecule has 4 rings (SSSR count). The van der Waals surface area contributed by atoms with E-state index in [9.17, 15) is 14.9 Å². The lowest BCUT2D eigenvalue weighted by Gasteiger charge is -2.06. The molecule has 0 spiro atoms. The van der Waals surface area contributed by atoms with Crippen molar-refractivity contribution in [3.05, 3.63) is 105 Å². The fourth-order valence-electron chi connectivity index (χ4n) is 2.93. The van der Waals surface area contributed by atoms with Crippen LogP contribution in [-0.2, 0) is 0 Å². The molecule has 0 aliphatic rings. The molecule has 0 aliphatic heterocycles. The van der Waals surface area contributed by atoms with Crippen molar-refractivity contribution in [3.63, 3.8) is 0 Å². The van der Waals surface area contributed by atoms with Crippen LogP contribution in [0.1, 0.15) is 15.9 Å². The predicted molar refractivity (Wildman–Crippen MR) is 122 cm³/mol. The Kier molecular flexibility index (Phi) is 6.05. The van der Waals surface area contributed by atoms with E-state index in [1.165, 1.54) is 24.3 Å². The van der Waals surface area contributed by atoms with Crippen molar-refractivity contribution < 1.29 is 14.5 Å². The van der Waals surface area contributed by atoms with Crippen LogP contribution in [0.25, 0.3) is 10.9 Å². The Labute approximate surface area is 187 Å². The minimum atomic E-state index is -0.679. The standard InChI is InChI=1S/C23H15ClN4O4/c24-17-6-9-20-21(10-11-25-22(20)13-17)27-26-14-15-4-7-19(8-5-15)32-23(29)16-2-1-3-18(12-16)28(30)31/h1-14H,(H,25,27). The van der Waals surface area contributed by atoms with Gasteiger partial charge in [-0.25, -0.2) is 4.79 Å². The first-order valence-corrected chi connectivity index (χ1v) is 9.77. The van der Waals surface area contributed by atoms with Gasteiger partial charge in [-0.2, -0.15) is 5.10 Å². The van der Waals surface area contributed by atoms with Crippen molar-refractivity contribution in [1.82, 2.24) is 4.98 Å². The summed E-state index contributed by atoms with van der Waals surface area (Å²) in [4.78, 5) is 26.8. The zero-order valence-electron chi connectivity index (χ0n) is 16.4. The number of aromatic nitrogens is 1. The number of ether oxygens (including phenoxy) is 1. The first-order valence-electron chi connectivity index (χ1n) is 9.40. The summed E-state index contributed by atoms with van der Waals surface area (Å²) in [6.45, 7) is 0. The van der Waals surface area contributed by atoms with Crippen LogP contribution in [0.3, 0.4) is 0 Å². The van der Waals surface area contributed by atoms with Crippen molar-refractivity contribution in [3.8, 4) is 5.75 Å². The number of nitrogens with zero attached hydrogens (tertiary/aromatic N) is 3. The molecule has 0 atom stereocenters. The lowest BCUT2D eigenvalue weighted by Crippen LogP contribution is -2.08. The molecule has 0 fully saturated rings. The van der Waals surface area contributed by atoms with Crippen LogP contribution >= 0.6 is 11.6 Å². The van der Waals surface area contributed by atoms with Gasteiger partial charge in [0.25, 0.3) is 5.69 Å². The maximum Gasteiger partial charge on any atom is 0.343 e. The van der Waals surface area contributed by atoms with E-state index in [-0.39, 0.29) is 11.3 Å². The Hall–Kier alpha value is -4.30. The van der Waals surface area contributed by atoms with E-state index < -0.39 is 10.9 Å². The molecule has 4 aromatic rings. The lowest BCUT2D eigenvalue weighted by atomic mass is 10.2. The fourth-order valence-corrected chi connectivity index (χ4v) is 3.10. The fraction of sp³-hybridized carbons (Fsp3) is 0. The quantitative estimate of drug-likeness (QED) is 0.138. The summed E-state index contributed by atoms with van der Waals surface area (Å²) < 4.78 is 5.28. The molecular formula is C23H15ClN4O4. The second-order valence-corrected chi connectivity index (χ2v) is 7.09. The number of carbonyl (C=O) groups excluding carboxylic acids is 1. The average Bonchev–Trinajstić information content (AvgIpc) is 2.80. The van der Waals surface area contributed by atoms with Crippen LogP contribution in [-0.4, -0.2) is 22.1 Å². The molecule has 0 amide bonds. The molecule has 0 unspecified atom stereocenters. The lowest BCUT2D eigenvalue weighted by molar-refractivity contribution is -0.384. The van der Waals surface area contributed by atoms with Gasteiger partial charge in [-0.05, 0) is 60.2 Å². The summed E-state index contributed by atoms with van der Waals surface area (Å²) in [5, 5.41) is 16.6. The van der Waals surface area contributed by atoms with Crippen LogP contribution < -0.4 is 10.2 Å². The first-order chi connectivity index (χ1) is 15.5. The zero-order chi connectivity index (χ0) is 22.5. The Morgan fingerprint density at radius 2 is 1.91 bits per heavy atom. The van der Waals surface area contributed by atoms with Gasteiger partial charge >= 0.3 is 5.97 Å². The van der Waals surface area contributed by atoms with Crippen LogP contribution in [0.15, 0.2) is 84.1 Å². The van der Waals surface area contributed by atoms with E-state index in [2.05, 4.69) is 15.5 Å². The summed E-state index contributed by atoms with van der Waals surface area (Å²) in [6.07, 6.45) is 3.29. The van der Waals surface area contributed by atoms with Crippen molar-refractivity contribution in [2.24, 2.45) is 5.10 Å². The van der Waals surface area contributed by atoms with E-state index in [1.54, 1.807) is 48.8 Å². The second kappa shape index (κ2) is 9.23. The molecule has 8 nitrogen and oxygen atoms in total. The van der Waals surface area contributed by atoms with Gasteiger partial charge in [0.15, 0.2) is 0 Å². The Balaban J connectivity index is 1.41. The molecular weight excluding hydrogens is 432 g/mol. The van der Waals surface area contributed by atoms with Crippen LogP contribution in [0.4, 0.5) is 11.4 Å². The number of halogens is 1. The second-order valence-electron chi connectivity index (χ2n) is 6.66. The van der Waals surface area contributed by atoms with Gasteiger partial charge in [-0.1, -0.05) is 17.7 Å². The van der Waals surface area contributed by atoms with Gasteiger partial charge in [0.05, 0.1) is 27.9 Å². The van der Waals surface area contributed by atoms with E-state index in [0.717, 1.165) is 22.2 Å². The van der Waals surface area contributed by atoms with E-state index in [4.69, 9.17) is 16.3 Å². The number of hydrogen-bond donors (Lipinski definition) is 1. The Bertz CT molecular complexity index is 1340. The molecule has 0 radical (unpaired) electrons. The minimum Gasteiger partial charge on any atom is -0.423 e. The van der Waals surface area contributed by atoms with Gasteiger partial charge in [0.1, 0.15) is 5.75 Å². The van der Waals surface area contributed by atoms with Crippen LogP contribution in [0.2, 0.25) is 5.02 Å². The van der Waals surface area contributed by atoms with Gasteiger partial charge < -0.3 is 4.74 Å². The number of fused-ring (bicyclic) bond motifs is 1. The summed E-state index contributed by atoms with van der Waals surface area (Å²) in [7, 11) is 0. The smallest absolute Gasteiger partial charge is 0.343 e. The highest BCUT2D eigenvalue weighted by Crippen LogP contribution is 2.24. The number of hydrogen-bond acceptors (Lipinski definition) is 7. The van der Waals surface area contributed by atoms with Crippen LogP contribution in [0.5, 0.6) is 5.75 Å². The van der Waals surface area contributed by atoms with Crippen LogP contribution in [0, 0.1) is 10.1 Å². The first kappa shape index (κ1) is 21.0. The molecule has 9 heteroatoms. The van der Waals surface area contributed by atoms with E-state index in [1.807, 2.05) is 12.1 Å². The van der Waals surface area contributed by atoms with Gasteiger partial charge in [-0.15, -0.1) is 0 Å². The van der Waals surface area contributed by atoms with Crippen molar-refractivity contribution in [2.45, 2.75) is 0 Å². The number of esters is 1. The number of benzene rings is 3. The molecule has 3 aromatic carbocycles. The highest BCUT2D eigenvalue weighted by atomic mass is 35.5. The van der Waals surface area contributed by atoms with E-state index >= 15 is 0 Å². The number of non-ortho nitro benzene ring substituents is 1. The molecule has 0 saturated carbocycles. The number of pyridine rings is 1. The highest BCUT2D eigenvalue weighted by molar-refractivity contribution is 6.31. The Morgan fingerprint density at radius 3 is 2.69 bits per heavy atom. The average molecular weight is 447 g/mol. The van der Waals surface area contributed by atoms with E-state index in [0.29, 0.717) is 10.8 Å². The third kappa shape index (κ3) is 4.88. The number of nitro groups is 1. The number of rotatable bonds is 6. The van der Waals surface area contributed by atoms with Gasteiger partial charge in [0, 0.05) is 28.7 Å². The molecule has 0 bridgehead atoms. The maximum absolute atomic E-state index is 12.2. The zero-order valence-corrected chi connectivity index (χ0v) is 17.2. The monoisotopic (exact) mass is 446 g/mol. The number of nitro benzene ring substituents is 1. The number of anilines is 1. The summed E-state index contributed by atoms with van der Waals surface area (Å²) in [6, 6.07) is 19.3. The minimum absolute atomic E-state index is 0.0971. The third-order valence-corrected chi connectivity index (χ3v) is 4.72. The summed E-state index contributed by atoms with van der Waals surface area (Å²) in [5.41, 5.74) is 5.22. The van der Waals surface area contributed by atoms with Crippen molar-refractivity contribution in [2.75, 3.05) is 5.43 Å². The molecule has 32 heavy (non-hydrogen) atoms. The highest BCUT2D eigenvalue weighted by Gasteiger charge is 2.13. The summed E-state index contributed by atoms with van der Waals surface area (Å²) >= 11 is 6.01. The maximum atomic E-state index is 12.2. The third-order valence-electron chi connectivity index (χ3n) is 4.49. The Morgan fingerprint density at radius 1 is 1.09 bits per heavy atom. The molecule has 0 saturated heterocycles. The topological polar surface area (TPSA) is 107 Å². The normalized spacial score (nSPS) is 10.9. The summed E-state index contributed by atoms with van der Waals surface area (Å²) in [5.74, 6) is -0.370. The van der Waals surface area contributed by atoms with Crippen molar-refractivity contribution >= 4 is 46.1 Å². The molecule has 1 N–H and O–H groups in total. The number of hydrazone groups is 1. The molecule has 158 valence electrons. The molecule has 0 aliphatic carbocycles. The number of nitrogens with one attached hydrogen (secondary N) is 1. The molecule has 1 heterocycles.